The van der Waals surface area contributed by atoms with Crippen LogP contribution in [0.2, 0.25) is 0 Å². The number of hydrogen-bond donors (Lipinski definition) is 1. The fourth-order valence-corrected chi connectivity index (χ4v) is 3.01. The van der Waals surface area contributed by atoms with Gasteiger partial charge in [-0.05, 0) is 32.4 Å². The highest BCUT2D eigenvalue weighted by molar-refractivity contribution is 7.15. The van der Waals surface area contributed by atoms with Gasteiger partial charge in [-0.25, -0.2) is 15.0 Å². The SMILES string of the molecule is Cc1nc(C)c(-c2nc(N)c3cccc(C)c3n2)s1. The standard InChI is InChI=1S/C14H14N4S/c1-7-5-4-6-10-11(7)17-14(18-13(10)15)12-8(2)16-9(3)19-12/h4-6H,1-3H3,(H2,15,17,18). The number of hydrogen-bond acceptors (Lipinski definition) is 5. The van der Waals surface area contributed by atoms with Crippen LogP contribution in [-0.4, -0.2) is 15.0 Å². The second-order valence-corrected chi connectivity index (χ2v) is 5.75. The van der Waals surface area contributed by atoms with Crippen molar-refractivity contribution in [3.8, 4) is 10.7 Å². The summed E-state index contributed by atoms with van der Waals surface area (Å²) < 4.78 is 0. The maximum atomic E-state index is 6.05. The molecular formula is C14H14N4S. The number of fused-ring (bicyclic) bond motifs is 1. The molecule has 2 aromatic heterocycles. The molecule has 0 saturated heterocycles. The van der Waals surface area contributed by atoms with Gasteiger partial charge in [0.1, 0.15) is 5.82 Å². The summed E-state index contributed by atoms with van der Waals surface area (Å²) in [5.74, 6) is 1.19. The molecule has 0 aliphatic carbocycles. The molecule has 2 N–H and O–H groups in total. The molecule has 0 fully saturated rings. The van der Waals surface area contributed by atoms with Gasteiger partial charge in [0.25, 0.3) is 0 Å². The van der Waals surface area contributed by atoms with Crippen molar-refractivity contribution < 1.29 is 0 Å². The van der Waals surface area contributed by atoms with Gasteiger partial charge in [-0.15, -0.1) is 11.3 Å². The van der Waals surface area contributed by atoms with Crippen LogP contribution in [0.25, 0.3) is 21.6 Å². The number of para-hydroxylation sites is 1. The molecule has 0 atom stereocenters. The van der Waals surface area contributed by atoms with E-state index in [1.165, 1.54) is 0 Å². The molecule has 3 rings (SSSR count). The van der Waals surface area contributed by atoms with Crippen molar-refractivity contribution in [3.05, 3.63) is 34.5 Å². The van der Waals surface area contributed by atoms with E-state index in [9.17, 15) is 0 Å². The number of aryl methyl sites for hydroxylation is 3. The molecule has 3 aromatic rings. The van der Waals surface area contributed by atoms with Crippen LogP contribution < -0.4 is 5.73 Å². The molecule has 0 spiro atoms. The van der Waals surface area contributed by atoms with Crippen LogP contribution in [0.1, 0.15) is 16.3 Å². The molecule has 0 radical (unpaired) electrons. The first-order valence-corrected chi connectivity index (χ1v) is 6.85. The van der Waals surface area contributed by atoms with Crippen molar-refractivity contribution in [2.24, 2.45) is 0 Å². The summed E-state index contributed by atoms with van der Waals surface area (Å²) in [6.07, 6.45) is 0. The summed E-state index contributed by atoms with van der Waals surface area (Å²) in [4.78, 5) is 14.5. The Morgan fingerprint density at radius 1 is 1.05 bits per heavy atom. The van der Waals surface area contributed by atoms with Gasteiger partial charge in [0.05, 0.1) is 21.1 Å². The number of benzene rings is 1. The Balaban J connectivity index is 2.32. The quantitative estimate of drug-likeness (QED) is 0.737. The average Bonchev–Trinajstić information content (AvgIpc) is 2.70. The minimum atomic E-state index is 0.522. The van der Waals surface area contributed by atoms with Crippen molar-refractivity contribution in [1.82, 2.24) is 15.0 Å². The predicted molar refractivity (Wildman–Crippen MR) is 79.3 cm³/mol. The minimum Gasteiger partial charge on any atom is -0.383 e. The minimum absolute atomic E-state index is 0.522. The fraction of sp³-hybridized carbons (Fsp3) is 0.214. The van der Waals surface area contributed by atoms with Crippen molar-refractivity contribution in [3.63, 3.8) is 0 Å². The van der Waals surface area contributed by atoms with Crippen LogP contribution >= 0.6 is 11.3 Å². The number of nitrogens with zero attached hydrogens (tertiary/aromatic N) is 3. The molecule has 0 aliphatic rings. The zero-order chi connectivity index (χ0) is 13.6. The van der Waals surface area contributed by atoms with Crippen LogP contribution in [0.3, 0.4) is 0 Å². The molecule has 5 heteroatoms. The Morgan fingerprint density at radius 2 is 1.84 bits per heavy atom. The Morgan fingerprint density at radius 3 is 2.53 bits per heavy atom. The molecule has 0 bridgehead atoms. The highest BCUT2D eigenvalue weighted by atomic mass is 32.1. The lowest BCUT2D eigenvalue weighted by Crippen LogP contribution is -1.98. The van der Waals surface area contributed by atoms with Crippen molar-refractivity contribution in [2.75, 3.05) is 5.73 Å². The van der Waals surface area contributed by atoms with Crippen molar-refractivity contribution in [2.45, 2.75) is 20.8 Å². The van der Waals surface area contributed by atoms with Gasteiger partial charge in [-0.3, -0.25) is 0 Å². The second-order valence-electron chi connectivity index (χ2n) is 4.55. The highest BCUT2D eigenvalue weighted by Crippen LogP contribution is 2.30. The summed E-state index contributed by atoms with van der Waals surface area (Å²) in [7, 11) is 0. The first kappa shape index (κ1) is 12.0. The van der Waals surface area contributed by atoms with Gasteiger partial charge in [0.2, 0.25) is 0 Å². The Kier molecular flexibility index (Phi) is 2.71. The normalized spacial score (nSPS) is 11.1. The maximum Gasteiger partial charge on any atom is 0.174 e. The third-order valence-corrected chi connectivity index (χ3v) is 4.13. The number of aromatic nitrogens is 3. The molecule has 1 aromatic carbocycles. The predicted octanol–water partition coefficient (Wildman–Crippen LogP) is 3.26. The summed E-state index contributed by atoms with van der Waals surface area (Å²) in [5.41, 5.74) is 9.02. The fourth-order valence-electron chi connectivity index (χ4n) is 2.16. The summed E-state index contributed by atoms with van der Waals surface area (Å²) >= 11 is 1.60. The van der Waals surface area contributed by atoms with Gasteiger partial charge < -0.3 is 5.73 Å². The van der Waals surface area contributed by atoms with Crippen LogP contribution in [-0.2, 0) is 0 Å². The number of thiazole rings is 1. The van der Waals surface area contributed by atoms with E-state index in [1.54, 1.807) is 11.3 Å². The number of rotatable bonds is 1. The molecule has 0 amide bonds. The first-order valence-electron chi connectivity index (χ1n) is 6.03. The van der Waals surface area contributed by atoms with Gasteiger partial charge in [0, 0.05) is 5.39 Å². The van der Waals surface area contributed by atoms with Crippen LogP contribution in [0.5, 0.6) is 0 Å². The third-order valence-electron chi connectivity index (χ3n) is 3.06. The van der Waals surface area contributed by atoms with E-state index in [4.69, 9.17) is 5.73 Å². The van der Waals surface area contributed by atoms with Gasteiger partial charge in [0.15, 0.2) is 5.82 Å². The summed E-state index contributed by atoms with van der Waals surface area (Å²) in [5, 5.41) is 1.92. The lowest BCUT2D eigenvalue weighted by atomic mass is 10.1. The highest BCUT2D eigenvalue weighted by Gasteiger charge is 2.13. The molecule has 4 nitrogen and oxygen atoms in total. The Labute approximate surface area is 115 Å². The van der Waals surface area contributed by atoms with Crippen LogP contribution in [0.4, 0.5) is 5.82 Å². The largest absolute Gasteiger partial charge is 0.383 e. The topological polar surface area (TPSA) is 64.7 Å². The Hall–Kier alpha value is -2.01. The van der Waals surface area contributed by atoms with E-state index in [2.05, 4.69) is 15.0 Å². The molecular weight excluding hydrogens is 256 g/mol. The number of nitrogen functional groups attached to an aromatic ring is 1. The number of nitrogens with two attached hydrogens (primary N) is 1. The smallest absolute Gasteiger partial charge is 0.174 e. The lowest BCUT2D eigenvalue weighted by molar-refractivity contribution is 1.17. The number of anilines is 1. The molecule has 0 unspecified atom stereocenters. The van der Waals surface area contributed by atoms with E-state index < -0.39 is 0 Å². The molecule has 2 heterocycles. The zero-order valence-corrected chi connectivity index (χ0v) is 11.9. The van der Waals surface area contributed by atoms with E-state index in [1.807, 2.05) is 39.0 Å². The lowest BCUT2D eigenvalue weighted by Gasteiger charge is -2.06. The van der Waals surface area contributed by atoms with Gasteiger partial charge in [-0.1, -0.05) is 12.1 Å². The molecule has 0 saturated carbocycles. The molecule has 19 heavy (non-hydrogen) atoms. The van der Waals surface area contributed by atoms with Gasteiger partial charge >= 0.3 is 0 Å². The van der Waals surface area contributed by atoms with E-state index in [-0.39, 0.29) is 0 Å². The second kappa shape index (κ2) is 4.28. The molecule has 96 valence electrons. The first-order chi connectivity index (χ1) is 9.06. The van der Waals surface area contributed by atoms with Crippen LogP contribution in [0.15, 0.2) is 18.2 Å². The van der Waals surface area contributed by atoms with Crippen molar-refractivity contribution in [1.29, 1.82) is 0 Å². The summed E-state index contributed by atoms with van der Waals surface area (Å²) in [6.45, 7) is 5.99. The Bertz CT molecular complexity index is 776. The average molecular weight is 270 g/mol. The third kappa shape index (κ3) is 1.96. The summed E-state index contributed by atoms with van der Waals surface area (Å²) in [6, 6.07) is 5.95. The van der Waals surface area contributed by atoms with E-state index in [0.29, 0.717) is 11.6 Å². The van der Waals surface area contributed by atoms with Crippen molar-refractivity contribution >= 4 is 28.1 Å². The zero-order valence-electron chi connectivity index (χ0n) is 11.1. The van der Waals surface area contributed by atoms with E-state index >= 15 is 0 Å². The van der Waals surface area contributed by atoms with Gasteiger partial charge in [-0.2, -0.15) is 0 Å². The monoisotopic (exact) mass is 270 g/mol. The van der Waals surface area contributed by atoms with E-state index in [0.717, 1.165) is 32.0 Å². The van der Waals surface area contributed by atoms with Crippen LogP contribution in [0, 0.1) is 20.8 Å². The molecule has 0 aliphatic heterocycles. The maximum absolute atomic E-state index is 6.05.